The van der Waals surface area contributed by atoms with E-state index in [4.69, 9.17) is 0 Å². The van der Waals surface area contributed by atoms with Crippen LogP contribution in [0, 0.1) is 17.5 Å². The first kappa shape index (κ1) is 26.4. The Bertz CT molecular complexity index is 1740. The zero-order chi connectivity index (χ0) is 28.7. The fourth-order valence-corrected chi connectivity index (χ4v) is 5.25. The molecule has 0 saturated carbocycles. The molecular weight excluding hydrogens is 535 g/mol. The van der Waals surface area contributed by atoms with Gasteiger partial charge in [-0.15, -0.1) is 0 Å². The second-order valence-electron chi connectivity index (χ2n) is 9.98. The van der Waals surface area contributed by atoms with Crippen molar-refractivity contribution in [1.82, 2.24) is 34.4 Å². The molecule has 6 rings (SSSR count). The van der Waals surface area contributed by atoms with Gasteiger partial charge >= 0.3 is 0 Å². The topological polar surface area (TPSA) is 102 Å². The van der Waals surface area contributed by atoms with Crippen LogP contribution >= 0.6 is 0 Å². The van der Waals surface area contributed by atoms with Crippen molar-refractivity contribution in [3.8, 4) is 22.4 Å². The highest BCUT2D eigenvalue weighted by Crippen LogP contribution is 2.38. The molecule has 1 aliphatic heterocycles. The Hall–Kier alpha value is -4.84. The first-order valence-electron chi connectivity index (χ1n) is 12.8. The standard InChI is InChI=1S/C29H24F3N7O2/c1-37-13-22(27(36-37)18-2-4-19(30)5-3-18)21-8-10-34-25-14-38(28(40)26(21)25)11-9-29(41,15-39-17-33-16-35-39)23-7-6-20(31)12-24(23)32/h2-8,10,12-13,16-17,41H,9,11,14-15H2,1H3/t29-/m0/s1. The Morgan fingerprint density at radius 1 is 1.02 bits per heavy atom. The minimum atomic E-state index is -1.82. The largest absolute Gasteiger partial charge is 0.383 e. The van der Waals surface area contributed by atoms with Crippen LogP contribution in [0.4, 0.5) is 13.2 Å². The van der Waals surface area contributed by atoms with Gasteiger partial charge in [0.05, 0.1) is 24.3 Å². The number of hydrogen-bond acceptors (Lipinski definition) is 6. The van der Waals surface area contributed by atoms with Crippen LogP contribution in [0.15, 0.2) is 73.6 Å². The summed E-state index contributed by atoms with van der Waals surface area (Å²) >= 11 is 0. The van der Waals surface area contributed by atoms with Crippen molar-refractivity contribution in [2.75, 3.05) is 6.54 Å². The molecule has 12 heteroatoms. The predicted molar refractivity (Wildman–Crippen MR) is 141 cm³/mol. The van der Waals surface area contributed by atoms with Gasteiger partial charge in [0.1, 0.15) is 41.4 Å². The number of halogens is 3. The highest BCUT2D eigenvalue weighted by molar-refractivity contribution is 6.05. The normalized spacial score (nSPS) is 14.4. The maximum Gasteiger partial charge on any atom is 0.256 e. The van der Waals surface area contributed by atoms with Gasteiger partial charge in [0.25, 0.3) is 5.91 Å². The molecule has 1 atom stereocenters. The zero-order valence-electron chi connectivity index (χ0n) is 21.9. The van der Waals surface area contributed by atoms with Gasteiger partial charge in [-0.3, -0.25) is 14.5 Å². The summed E-state index contributed by atoms with van der Waals surface area (Å²) in [6.07, 6.45) is 6.00. The van der Waals surface area contributed by atoms with Gasteiger partial charge in [-0.1, -0.05) is 6.07 Å². The van der Waals surface area contributed by atoms with Gasteiger partial charge in [-0.25, -0.2) is 22.8 Å². The summed E-state index contributed by atoms with van der Waals surface area (Å²) < 4.78 is 45.0. The van der Waals surface area contributed by atoms with Crippen LogP contribution in [0.3, 0.4) is 0 Å². The number of amides is 1. The summed E-state index contributed by atoms with van der Waals surface area (Å²) in [5.74, 6) is -2.35. The molecule has 3 aromatic heterocycles. The van der Waals surface area contributed by atoms with E-state index in [0.717, 1.165) is 6.07 Å². The molecule has 1 aliphatic rings. The molecule has 0 radical (unpaired) electrons. The van der Waals surface area contributed by atoms with Crippen LogP contribution in [0.5, 0.6) is 0 Å². The number of carbonyl (C=O) groups is 1. The number of benzene rings is 2. The number of pyridine rings is 1. The average molecular weight is 560 g/mol. The summed E-state index contributed by atoms with van der Waals surface area (Å²) in [5.41, 5.74) is 1.59. The van der Waals surface area contributed by atoms with E-state index in [1.165, 1.54) is 40.4 Å². The highest BCUT2D eigenvalue weighted by atomic mass is 19.1. The van der Waals surface area contributed by atoms with Gasteiger partial charge in [0.2, 0.25) is 0 Å². The van der Waals surface area contributed by atoms with Crippen LogP contribution < -0.4 is 0 Å². The first-order chi connectivity index (χ1) is 19.7. The maximum absolute atomic E-state index is 14.8. The quantitative estimate of drug-likeness (QED) is 0.307. The van der Waals surface area contributed by atoms with Gasteiger partial charge in [-0.2, -0.15) is 10.2 Å². The summed E-state index contributed by atoms with van der Waals surface area (Å²) in [7, 11) is 1.76. The third kappa shape index (κ3) is 4.97. The number of nitrogens with zero attached hydrogens (tertiary/aromatic N) is 7. The van der Waals surface area contributed by atoms with E-state index < -0.39 is 17.2 Å². The van der Waals surface area contributed by atoms with Crippen molar-refractivity contribution < 1.29 is 23.1 Å². The van der Waals surface area contributed by atoms with Crippen molar-refractivity contribution in [1.29, 1.82) is 0 Å². The van der Waals surface area contributed by atoms with Gasteiger partial charge in [0.15, 0.2) is 0 Å². The molecule has 2 aromatic carbocycles. The van der Waals surface area contributed by atoms with Crippen LogP contribution in [0.2, 0.25) is 0 Å². The SMILES string of the molecule is Cn1cc(-c2ccnc3c2C(=O)N(CC[C@](O)(Cn2cncn2)c2ccc(F)cc2F)C3)c(-c2ccc(F)cc2)n1. The summed E-state index contributed by atoms with van der Waals surface area (Å²) in [6, 6.07) is 10.7. The van der Waals surface area contributed by atoms with Gasteiger partial charge in [-0.05, 0) is 42.8 Å². The molecule has 0 aliphatic carbocycles. The van der Waals surface area contributed by atoms with E-state index in [1.807, 2.05) is 0 Å². The first-order valence-corrected chi connectivity index (χ1v) is 12.8. The van der Waals surface area contributed by atoms with Crippen molar-refractivity contribution in [2.24, 2.45) is 7.05 Å². The summed E-state index contributed by atoms with van der Waals surface area (Å²) in [6.45, 7) is 0.0682. The lowest BCUT2D eigenvalue weighted by Crippen LogP contribution is -2.38. The predicted octanol–water partition coefficient (Wildman–Crippen LogP) is 4.09. The minimum absolute atomic E-state index is 0.0501. The van der Waals surface area contributed by atoms with Crippen LogP contribution in [-0.4, -0.2) is 52.0 Å². The van der Waals surface area contributed by atoms with Crippen molar-refractivity contribution in [3.05, 3.63) is 108 Å². The summed E-state index contributed by atoms with van der Waals surface area (Å²) in [4.78, 5) is 23.6. The Labute approximate surface area is 232 Å². The van der Waals surface area contributed by atoms with E-state index in [9.17, 15) is 23.1 Å². The third-order valence-corrected chi connectivity index (χ3v) is 7.23. The van der Waals surface area contributed by atoms with Crippen LogP contribution in [0.25, 0.3) is 22.4 Å². The molecule has 1 N–H and O–H groups in total. The average Bonchev–Trinajstić information content (AvgIpc) is 3.67. The van der Waals surface area contributed by atoms with E-state index >= 15 is 0 Å². The van der Waals surface area contributed by atoms with Crippen molar-refractivity contribution in [2.45, 2.75) is 25.1 Å². The summed E-state index contributed by atoms with van der Waals surface area (Å²) in [5, 5.41) is 20.2. The second kappa shape index (κ2) is 10.3. The Kier molecular flexibility index (Phi) is 6.62. The number of hydrogen-bond donors (Lipinski definition) is 1. The van der Waals surface area contributed by atoms with Gasteiger partial charge in [0, 0.05) is 54.3 Å². The molecule has 208 valence electrons. The maximum atomic E-state index is 14.8. The minimum Gasteiger partial charge on any atom is -0.383 e. The second-order valence-corrected chi connectivity index (χ2v) is 9.98. The molecule has 0 saturated heterocycles. The number of carbonyl (C=O) groups excluding carboxylic acids is 1. The lowest BCUT2D eigenvalue weighted by molar-refractivity contribution is -0.00451. The molecule has 41 heavy (non-hydrogen) atoms. The molecule has 0 unspecified atom stereocenters. The lowest BCUT2D eigenvalue weighted by atomic mass is 9.89. The van der Waals surface area contributed by atoms with E-state index in [0.29, 0.717) is 39.7 Å². The van der Waals surface area contributed by atoms with Crippen LogP contribution in [-0.2, 0) is 25.7 Å². The fraction of sp³-hybridized carbons (Fsp3) is 0.207. The number of rotatable bonds is 8. The Balaban J connectivity index is 1.30. The molecule has 0 spiro atoms. The zero-order valence-corrected chi connectivity index (χ0v) is 21.9. The molecule has 9 nitrogen and oxygen atoms in total. The molecule has 0 fully saturated rings. The molecule has 5 aromatic rings. The third-order valence-electron chi connectivity index (χ3n) is 7.23. The molecular formula is C29H24F3N7O2. The number of aliphatic hydroxyl groups is 1. The number of fused-ring (bicyclic) bond motifs is 1. The number of aryl methyl sites for hydroxylation is 1. The van der Waals surface area contributed by atoms with Gasteiger partial charge < -0.3 is 10.0 Å². The van der Waals surface area contributed by atoms with Crippen LogP contribution in [0.1, 0.15) is 28.0 Å². The highest BCUT2D eigenvalue weighted by Gasteiger charge is 2.37. The molecule has 1 amide bonds. The van der Waals surface area contributed by atoms with E-state index in [-0.39, 0.29) is 43.3 Å². The lowest BCUT2D eigenvalue weighted by Gasteiger charge is -2.30. The fourth-order valence-electron chi connectivity index (χ4n) is 5.25. The van der Waals surface area contributed by atoms with E-state index in [1.54, 1.807) is 42.3 Å². The van der Waals surface area contributed by atoms with Crippen molar-refractivity contribution >= 4 is 5.91 Å². The smallest absolute Gasteiger partial charge is 0.256 e. The Morgan fingerprint density at radius 3 is 2.54 bits per heavy atom. The molecule has 0 bridgehead atoms. The monoisotopic (exact) mass is 559 g/mol. The van der Waals surface area contributed by atoms with Crippen molar-refractivity contribution in [3.63, 3.8) is 0 Å². The van der Waals surface area contributed by atoms with E-state index in [2.05, 4.69) is 20.2 Å². The Morgan fingerprint density at radius 2 is 1.80 bits per heavy atom. The number of aromatic nitrogens is 6. The molecule has 4 heterocycles.